The van der Waals surface area contributed by atoms with E-state index in [1.807, 2.05) is 26.0 Å². The Labute approximate surface area is 126 Å². The predicted molar refractivity (Wildman–Crippen MR) is 82.7 cm³/mol. The molecule has 3 N–H and O–H groups in total. The van der Waals surface area contributed by atoms with Crippen molar-refractivity contribution in [1.82, 2.24) is 4.98 Å². The summed E-state index contributed by atoms with van der Waals surface area (Å²) in [6, 6.07) is 4.08. The first-order valence-corrected chi connectivity index (χ1v) is 7.59. The molecular formula is C15H20BrNO3. The van der Waals surface area contributed by atoms with Crippen LogP contribution in [-0.2, 0) is 11.2 Å². The minimum Gasteiger partial charge on any atom is -0.396 e. The van der Waals surface area contributed by atoms with E-state index in [-0.39, 0.29) is 6.61 Å². The molecule has 110 valence electrons. The number of aromatic amines is 1. The second-order valence-corrected chi connectivity index (χ2v) is 5.56. The molecular weight excluding hydrogens is 322 g/mol. The minimum atomic E-state index is -0.965. The van der Waals surface area contributed by atoms with Crippen molar-refractivity contribution in [2.45, 2.75) is 33.0 Å². The maximum Gasteiger partial charge on any atom is 0.196 e. The first-order chi connectivity index (χ1) is 9.60. The van der Waals surface area contributed by atoms with E-state index in [4.69, 9.17) is 9.84 Å². The molecule has 1 aromatic heterocycles. The Balaban J connectivity index is 2.56. The van der Waals surface area contributed by atoms with Crippen molar-refractivity contribution in [1.29, 1.82) is 0 Å². The molecule has 4 nitrogen and oxygen atoms in total. The lowest BCUT2D eigenvalue weighted by molar-refractivity contribution is -0.101. The van der Waals surface area contributed by atoms with Crippen molar-refractivity contribution in [2.75, 3.05) is 13.2 Å². The highest BCUT2D eigenvalue weighted by atomic mass is 79.9. The third-order valence-corrected chi connectivity index (χ3v) is 4.42. The standard InChI is InChI=1S/C15H20BrNO3/c1-3-20-15(19)14-10(5-4-8-18)11-7-6-9(2)12(16)13(11)17-14/h6-7,15,17-19H,3-5,8H2,1-2H3. The lowest BCUT2D eigenvalue weighted by Crippen LogP contribution is -2.06. The molecule has 0 bridgehead atoms. The topological polar surface area (TPSA) is 65.5 Å². The van der Waals surface area contributed by atoms with Crippen LogP contribution in [0, 0.1) is 6.92 Å². The summed E-state index contributed by atoms with van der Waals surface area (Å²) in [5.74, 6) is 0. The summed E-state index contributed by atoms with van der Waals surface area (Å²) in [6.07, 6.45) is 0.392. The molecule has 0 spiro atoms. The molecule has 2 rings (SSSR count). The predicted octanol–water partition coefficient (Wildman–Crippen LogP) is 3.19. The van der Waals surface area contributed by atoms with Gasteiger partial charge in [-0.05, 0) is 53.7 Å². The zero-order chi connectivity index (χ0) is 14.7. The van der Waals surface area contributed by atoms with Gasteiger partial charge in [0.2, 0.25) is 0 Å². The average Bonchev–Trinajstić information content (AvgIpc) is 2.80. The lowest BCUT2D eigenvalue weighted by Gasteiger charge is -2.11. The van der Waals surface area contributed by atoms with E-state index in [1.165, 1.54) is 0 Å². The number of rotatable bonds is 6. The van der Waals surface area contributed by atoms with Crippen molar-refractivity contribution >= 4 is 26.8 Å². The van der Waals surface area contributed by atoms with Crippen LogP contribution < -0.4 is 0 Å². The summed E-state index contributed by atoms with van der Waals surface area (Å²) in [7, 11) is 0. The molecule has 0 saturated carbocycles. The Morgan fingerprint density at radius 3 is 2.80 bits per heavy atom. The molecule has 0 radical (unpaired) electrons. The number of hydrogen-bond acceptors (Lipinski definition) is 3. The zero-order valence-corrected chi connectivity index (χ0v) is 13.3. The molecule has 0 fully saturated rings. The van der Waals surface area contributed by atoms with Gasteiger partial charge in [0, 0.05) is 23.1 Å². The average molecular weight is 342 g/mol. The first-order valence-electron chi connectivity index (χ1n) is 6.80. The number of aryl methyl sites for hydroxylation is 2. The summed E-state index contributed by atoms with van der Waals surface area (Å²) < 4.78 is 6.29. The van der Waals surface area contributed by atoms with Gasteiger partial charge >= 0.3 is 0 Å². The summed E-state index contributed by atoms with van der Waals surface area (Å²) in [5, 5.41) is 20.2. The number of nitrogens with one attached hydrogen (secondary N) is 1. The van der Waals surface area contributed by atoms with Gasteiger partial charge in [0.25, 0.3) is 0 Å². The molecule has 20 heavy (non-hydrogen) atoms. The van der Waals surface area contributed by atoms with Crippen LogP contribution in [0.3, 0.4) is 0 Å². The fourth-order valence-corrected chi connectivity index (χ4v) is 2.83. The van der Waals surface area contributed by atoms with Gasteiger partial charge in [-0.3, -0.25) is 0 Å². The third kappa shape index (κ3) is 2.91. The van der Waals surface area contributed by atoms with E-state index < -0.39 is 6.29 Å². The second kappa shape index (κ2) is 6.72. The van der Waals surface area contributed by atoms with Gasteiger partial charge in [-0.15, -0.1) is 0 Å². The maximum absolute atomic E-state index is 10.1. The quantitative estimate of drug-likeness (QED) is 0.707. The van der Waals surface area contributed by atoms with E-state index in [0.717, 1.165) is 26.5 Å². The number of hydrogen-bond donors (Lipinski definition) is 3. The summed E-state index contributed by atoms with van der Waals surface area (Å²) in [4.78, 5) is 3.26. The van der Waals surface area contributed by atoms with Crippen molar-refractivity contribution < 1.29 is 14.9 Å². The largest absolute Gasteiger partial charge is 0.396 e. The van der Waals surface area contributed by atoms with Crippen LogP contribution in [0.5, 0.6) is 0 Å². The van der Waals surface area contributed by atoms with Crippen LogP contribution in [0.2, 0.25) is 0 Å². The Kier molecular flexibility index (Phi) is 5.21. The molecule has 1 heterocycles. The van der Waals surface area contributed by atoms with Gasteiger partial charge < -0.3 is 19.9 Å². The highest BCUT2D eigenvalue weighted by Crippen LogP contribution is 2.34. The van der Waals surface area contributed by atoms with Crippen LogP contribution in [0.25, 0.3) is 10.9 Å². The molecule has 0 amide bonds. The molecule has 0 aliphatic rings. The minimum absolute atomic E-state index is 0.129. The Morgan fingerprint density at radius 2 is 2.15 bits per heavy atom. The number of aliphatic hydroxyl groups excluding tert-OH is 2. The molecule has 0 aliphatic heterocycles. The maximum atomic E-state index is 10.1. The summed E-state index contributed by atoms with van der Waals surface area (Å²) in [6.45, 7) is 4.44. The fourth-order valence-electron chi connectivity index (χ4n) is 2.39. The van der Waals surface area contributed by atoms with Crippen molar-refractivity contribution in [2.24, 2.45) is 0 Å². The van der Waals surface area contributed by atoms with Crippen molar-refractivity contribution in [3.8, 4) is 0 Å². The lowest BCUT2D eigenvalue weighted by atomic mass is 10.0. The van der Waals surface area contributed by atoms with E-state index >= 15 is 0 Å². The number of benzene rings is 1. The molecule has 1 aromatic carbocycles. The van der Waals surface area contributed by atoms with Gasteiger partial charge in [0.15, 0.2) is 6.29 Å². The monoisotopic (exact) mass is 341 g/mol. The van der Waals surface area contributed by atoms with E-state index in [0.29, 0.717) is 25.1 Å². The normalized spacial score (nSPS) is 13.1. The Morgan fingerprint density at radius 1 is 1.40 bits per heavy atom. The fraction of sp³-hybridized carbons (Fsp3) is 0.467. The molecule has 1 atom stereocenters. The SMILES string of the molecule is CCOC(O)c1[nH]c2c(Br)c(C)ccc2c1CCCO. The summed E-state index contributed by atoms with van der Waals surface area (Å²) in [5.41, 5.74) is 3.79. The van der Waals surface area contributed by atoms with Gasteiger partial charge in [-0.1, -0.05) is 12.1 Å². The molecule has 0 aliphatic carbocycles. The number of H-pyrrole nitrogens is 1. The van der Waals surface area contributed by atoms with E-state index in [1.54, 1.807) is 0 Å². The van der Waals surface area contributed by atoms with Gasteiger partial charge in [-0.2, -0.15) is 0 Å². The molecule has 0 saturated heterocycles. The van der Waals surface area contributed by atoms with Crippen LogP contribution in [0.1, 0.15) is 36.5 Å². The van der Waals surface area contributed by atoms with Crippen LogP contribution in [0.4, 0.5) is 0 Å². The zero-order valence-electron chi connectivity index (χ0n) is 11.7. The smallest absolute Gasteiger partial charge is 0.196 e. The van der Waals surface area contributed by atoms with E-state index in [2.05, 4.69) is 20.9 Å². The molecule has 5 heteroatoms. The van der Waals surface area contributed by atoms with Crippen molar-refractivity contribution in [3.05, 3.63) is 33.4 Å². The number of aliphatic hydroxyl groups is 2. The number of halogens is 1. The van der Waals surface area contributed by atoms with Crippen LogP contribution in [-0.4, -0.2) is 28.4 Å². The second-order valence-electron chi connectivity index (χ2n) is 4.77. The molecule has 2 aromatic rings. The molecule has 1 unspecified atom stereocenters. The van der Waals surface area contributed by atoms with E-state index in [9.17, 15) is 5.11 Å². The highest BCUT2D eigenvalue weighted by Gasteiger charge is 2.19. The van der Waals surface area contributed by atoms with Crippen LogP contribution in [0.15, 0.2) is 16.6 Å². The van der Waals surface area contributed by atoms with Gasteiger partial charge in [-0.25, -0.2) is 0 Å². The first kappa shape index (κ1) is 15.5. The number of ether oxygens (including phenoxy) is 1. The Bertz CT molecular complexity index is 594. The van der Waals surface area contributed by atoms with Crippen molar-refractivity contribution in [3.63, 3.8) is 0 Å². The number of fused-ring (bicyclic) bond motifs is 1. The van der Waals surface area contributed by atoms with Crippen LogP contribution >= 0.6 is 15.9 Å². The van der Waals surface area contributed by atoms with Gasteiger partial charge in [0.05, 0.1) is 11.2 Å². The van der Waals surface area contributed by atoms with Gasteiger partial charge in [0.1, 0.15) is 0 Å². The number of aromatic nitrogens is 1. The highest BCUT2D eigenvalue weighted by molar-refractivity contribution is 9.10. The Hall–Kier alpha value is -0.880. The summed E-state index contributed by atoms with van der Waals surface area (Å²) >= 11 is 3.58. The third-order valence-electron chi connectivity index (χ3n) is 3.40.